The number of fused-ring (bicyclic) bond motifs is 2. The molecule has 6 heteroatoms. The Kier molecular flexibility index (Phi) is 4.28. The van der Waals surface area contributed by atoms with Gasteiger partial charge in [-0.15, -0.1) is 11.6 Å². The molecule has 0 bridgehead atoms. The van der Waals surface area contributed by atoms with Crippen molar-refractivity contribution in [3.63, 3.8) is 0 Å². The molecule has 2 aromatic rings. The topological polar surface area (TPSA) is 12.0 Å². The van der Waals surface area contributed by atoms with Gasteiger partial charge in [-0.25, -0.2) is 0 Å². The molecule has 1 N–H and O–H groups in total. The Morgan fingerprint density at radius 3 is 2.59 bits per heavy atom. The summed E-state index contributed by atoms with van der Waals surface area (Å²) in [4.78, 5) is 1.05. The van der Waals surface area contributed by atoms with Crippen molar-refractivity contribution in [2.24, 2.45) is 0 Å². The summed E-state index contributed by atoms with van der Waals surface area (Å²) in [6.45, 7) is 0. The van der Waals surface area contributed by atoms with Crippen molar-refractivity contribution in [1.82, 2.24) is 0 Å². The van der Waals surface area contributed by atoms with Crippen molar-refractivity contribution in [1.29, 1.82) is 0 Å². The number of nitrogens with one attached hydrogen (secondary N) is 1. The molecule has 0 unspecified atom stereocenters. The number of hydrogen-bond acceptors (Lipinski definition) is 2. The van der Waals surface area contributed by atoms with Crippen molar-refractivity contribution in [3.05, 3.63) is 47.5 Å². The molecule has 0 aliphatic carbocycles. The van der Waals surface area contributed by atoms with Gasteiger partial charge in [0.1, 0.15) is 0 Å². The number of halogens is 4. The molecule has 2 aromatic carbocycles. The Labute approximate surface area is 135 Å². The molecule has 0 saturated heterocycles. The molecule has 0 radical (unpaired) electrons. The number of rotatable bonds is 3. The van der Waals surface area contributed by atoms with Gasteiger partial charge in [-0.2, -0.15) is 13.2 Å². The third kappa shape index (κ3) is 2.92. The maximum Gasteiger partial charge on any atom is 0.417 e. The summed E-state index contributed by atoms with van der Waals surface area (Å²) in [5.41, 5.74) is 1.67. The number of aryl methyl sites for hydroxylation is 1. The Morgan fingerprint density at radius 1 is 1.09 bits per heavy atom. The molecule has 0 aromatic heterocycles. The van der Waals surface area contributed by atoms with Crippen LogP contribution in [0.15, 0.2) is 46.2 Å². The monoisotopic (exact) mass is 343 g/mol. The van der Waals surface area contributed by atoms with E-state index in [0.29, 0.717) is 18.0 Å². The van der Waals surface area contributed by atoms with Crippen molar-refractivity contribution in [3.8, 4) is 0 Å². The highest BCUT2D eigenvalue weighted by molar-refractivity contribution is 7.99. The molecule has 0 spiro atoms. The van der Waals surface area contributed by atoms with Crippen LogP contribution in [0.25, 0.3) is 0 Å². The number of hydrogen-bond donors (Lipinski definition) is 1. The molecule has 0 fully saturated rings. The van der Waals surface area contributed by atoms with Crippen molar-refractivity contribution >= 4 is 34.7 Å². The van der Waals surface area contributed by atoms with Crippen LogP contribution in [0.2, 0.25) is 0 Å². The zero-order valence-corrected chi connectivity index (χ0v) is 13.1. The summed E-state index contributed by atoms with van der Waals surface area (Å²) >= 11 is 6.88. The molecular formula is C16H13ClF3NS. The first kappa shape index (κ1) is 15.6. The molecule has 22 heavy (non-hydrogen) atoms. The van der Waals surface area contributed by atoms with Crippen LogP contribution in [0.3, 0.4) is 0 Å². The molecule has 1 aliphatic rings. The van der Waals surface area contributed by atoms with Crippen LogP contribution in [0.5, 0.6) is 0 Å². The van der Waals surface area contributed by atoms with E-state index in [-0.39, 0.29) is 4.90 Å². The van der Waals surface area contributed by atoms with Crippen molar-refractivity contribution in [2.75, 3.05) is 11.2 Å². The predicted octanol–water partition coefficient (Wildman–Crippen LogP) is 6.09. The van der Waals surface area contributed by atoms with Crippen LogP contribution in [-0.2, 0) is 12.6 Å². The molecule has 1 heterocycles. The van der Waals surface area contributed by atoms with E-state index in [1.165, 1.54) is 17.8 Å². The Hall–Kier alpha value is -1.33. The quantitative estimate of drug-likeness (QED) is 0.578. The minimum Gasteiger partial charge on any atom is -0.353 e. The van der Waals surface area contributed by atoms with Crippen LogP contribution in [0.1, 0.15) is 17.5 Å². The first-order valence-corrected chi connectivity index (χ1v) is 8.19. The van der Waals surface area contributed by atoms with Gasteiger partial charge in [0.25, 0.3) is 0 Å². The highest BCUT2D eigenvalue weighted by atomic mass is 35.5. The second-order valence-electron chi connectivity index (χ2n) is 4.99. The zero-order chi connectivity index (χ0) is 15.7. The minimum atomic E-state index is -4.37. The van der Waals surface area contributed by atoms with Crippen LogP contribution in [-0.4, -0.2) is 5.88 Å². The fourth-order valence-electron chi connectivity index (χ4n) is 2.46. The minimum absolute atomic E-state index is 0.248. The molecule has 0 atom stereocenters. The average Bonchev–Trinajstić information content (AvgIpc) is 2.49. The summed E-state index contributed by atoms with van der Waals surface area (Å²) in [5.74, 6) is 0.486. The van der Waals surface area contributed by atoms with Crippen LogP contribution < -0.4 is 5.32 Å². The number of anilines is 2. The van der Waals surface area contributed by atoms with Crippen molar-refractivity contribution < 1.29 is 13.2 Å². The third-order valence-corrected chi connectivity index (χ3v) is 4.96. The first-order chi connectivity index (χ1) is 10.5. The largest absolute Gasteiger partial charge is 0.417 e. The smallest absolute Gasteiger partial charge is 0.353 e. The molecule has 1 aliphatic heterocycles. The van der Waals surface area contributed by atoms with Gasteiger partial charge in [0.2, 0.25) is 0 Å². The van der Waals surface area contributed by atoms with E-state index >= 15 is 0 Å². The lowest BCUT2D eigenvalue weighted by Gasteiger charge is -2.26. The fourth-order valence-corrected chi connectivity index (χ4v) is 3.77. The normalized spacial score (nSPS) is 13.3. The zero-order valence-electron chi connectivity index (χ0n) is 11.5. The van der Waals surface area contributed by atoms with E-state index in [1.807, 2.05) is 24.3 Å². The maximum absolute atomic E-state index is 13.3. The maximum atomic E-state index is 13.3. The third-order valence-electron chi connectivity index (χ3n) is 3.49. The SMILES string of the molecule is FC(F)(F)c1ccc(CCCCl)c2c1Sc1ccccc1N2. The molecule has 3 rings (SSSR count). The highest BCUT2D eigenvalue weighted by Gasteiger charge is 2.36. The number of benzene rings is 2. The van der Waals surface area contributed by atoms with Gasteiger partial charge >= 0.3 is 6.18 Å². The molecule has 0 saturated carbocycles. The van der Waals surface area contributed by atoms with E-state index in [1.54, 1.807) is 6.07 Å². The molecular weight excluding hydrogens is 331 g/mol. The van der Waals surface area contributed by atoms with E-state index in [2.05, 4.69) is 5.32 Å². The summed E-state index contributed by atoms with van der Waals surface area (Å²) in [5, 5.41) is 3.17. The second-order valence-corrected chi connectivity index (χ2v) is 6.42. The molecule has 116 valence electrons. The van der Waals surface area contributed by atoms with Crippen LogP contribution >= 0.6 is 23.4 Å². The van der Waals surface area contributed by atoms with Gasteiger partial charge < -0.3 is 5.32 Å². The summed E-state index contributed by atoms with van der Waals surface area (Å²) in [6, 6.07) is 10.1. The summed E-state index contributed by atoms with van der Waals surface area (Å²) < 4.78 is 39.8. The fraction of sp³-hybridized carbons (Fsp3) is 0.250. The van der Waals surface area contributed by atoms with Crippen LogP contribution in [0.4, 0.5) is 24.5 Å². The molecule has 0 amide bonds. The average molecular weight is 344 g/mol. The van der Waals surface area contributed by atoms with E-state index in [0.717, 1.165) is 22.6 Å². The standard InChI is InChI=1S/C16H13ClF3NS/c17-9-3-4-10-7-8-11(16(18,19)20)15-14(10)21-12-5-1-2-6-13(12)22-15/h1-2,5-8,21H,3-4,9H2. The Balaban J connectivity index is 2.11. The van der Waals surface area contributed by atoms with E-state index < -0.39 is 11.7 Å². The lowest BCUT2D eigenvalue weighted by molar-refractivity contribution is -0.139. The van der Waals surface area contributed by atoms with Crippen LogP contribution in [0, 0.1) is 0 Å². The van der Waals surface area contributed by atoms with E-state index in [9.17, 15) is 13.2 Å². The lowest BCUT2D eigenvalue weighted by atomic mass is 10.0. The Bertz CT molecular complexity index is 700. The lowest BCUT2D eigenvalue weighted by Crippen LogP contribution is -2.12. The summed E-state index contributed by atoms with van der Waals surface area (Å²) in [6.07, 6.45) is -2.98. The van der Waals surface area contributed by atoms with Gasteiger partial charge in [-0.1, -0.05) is 30.0 Å². The van der Waals surface area contributed by atoms with Gasteiger partial charge in [0, 0.05) is 15.7 Å². The molecule has 1 nitrogen and oxygen atoms in total. The Morgan fingerprint density at radius 2 is 1.86 bits per heavy atom. The predicted molar refractivity (Wildman–Crippen MR) is 84.3 cm³/mol. The first-order valence-electron chi connectivity index (χ1n) is 6.83. The summed E-state index contributed by atoms with van der Waals surface area (Å²) in [7, 11) is 0. The number of alkyl halides is 4. The van der Waals surface area contributed by atoms with E-state index in [4.69, 9.17) is 11.6 Å². The van der Waals surface area contributed by atoms with Gasteiger partial charge in [0.15, 0.2) is 0 Å². The van der Waals surface area contributed by atoms with Gasteiger partial charge in [0.05, 0.1) is 16.9 Å². The number of para-hydroxylation sites is 1. The highest BCUT2D eigenvalue weighted by Crippen LogP contribution is 2.50. The van der Waals surface area contributed by atoms with Gasteiger partial charge in [-0.05, 0) is 36.6 Å². The van der Waals surface area contributed by atoms with Gasteiger partial charge in [-0.3, -0.25) is 0 Å². The second kappa shape index (κ2) is 6.05. The van der Waals surface area contributed by atoms with Crippen molar-refractivity contribution in [2.45, 2.75) is 28.8 Å².